The zero-order chi connectivity index (χ0) is 12.9. The summed E-state index contributed by atoms with van der Waals surface area (Å²) >= 11 is 0. The van der Waals surface area contributed by atoms with E-state index in [9.17, 15) is 0 Å². The minimum atomic E-state index is -0.00134. The molecule has 17 heavy (non-hydrogen) atoms. The second-order valence-electron chi connectivity index (χ2n) is 5.87. The van der Waals surface area contributed by atoms with Gasteiger partial charge in [0.1, 0.15) is 0 Å². The molecule has 1 aromatic carbocycles. The first-order valence-corrected chi connectivity index (χ1v) is 6.32. The molecule has 0 heterocycles. The van der Waals surface area contributed by atoms with E-state index >= 15 is 0 Å². The normalized spacial score (nSPS) is 15.6. The second kappa shape index (κ2) is 6.18. The summed E-state index contributed by atoms with van der Waals surface area (Å²) in [5, 5.41) is 0. The van der Waals surface area contributed by atoms with Crippen LogP contribution in [-0.2, 0) is 4.74 Å². The Kier molecular flexibility index (Phi) is 5.16. The van der Waals surface area contributed by atoms with Crippen molar-refractivity contribution in [1.82, 2.24) is 0 Å². The van der Waals surface area contributed by atoms with Crippen molar-refractivity contribution in [2.75, 3.05) is 6.61 Å². The largest absolute Gasteiger partial charge is 0.372 e. The molecule has 1 rings (SSSR count). The molecule has 0 aliphatic rings. The van der Waals surface area contributed by atoms with E-state index in [1.165, 1.54) is 0 Å². The van der Waals surface area contributed by atoms with Crippen molar-refractivity contribution in [1.29, 1.82) is 0 Å². The molecule has 0 saturated heterocycles. The third kappa shape index (κ3) is 5.33. The number of hydrogen-bond acceptors (Lipinski definition) is 2. The van der Waals surface area contributed by atoms with E-state index in [1.807, 2.05) is 25.1 Å². The fourth-order valence-corrected chi connectivity index (χ4v) is 1.69. The predicted octanol–water partition coefficient (Wildman–Crippen LogP) is 3.53. The lowest BCUT2D eigenvalue weighted by Gasteiger charge is -2.24. The highest BCUT2D eigenvalue weighted by Gasteiger charge is 2.18. The first-order valence-electron chi connectivity index (χ1n) is 6.32. The van der Waals surface area contributed by atoms with Gasteiger partial charge in [-0.15, -0.1) is 0 Å². The van der Waals surface area contributed by atoms with E-state index in [2.05, 4.69) is 32.9 Å². The molecule has 2 heteroatoms. The predicted molar refractivity (Wildman–Crippen MR) is 72.9 cm³/mol. The lowest BCUT2D eigenvalue weighted by molar-refractivity contribution is 0.0242. The molecule has 1 aromatic rings. The SMILES string of the molecule is CC(N)C(OCCC(C)(C)C)c1ccccc1. The Morgan fingerprint density at radius 2 is 1.76 bits per heavy atom. The van der Waals surface area contributed by atoms with Crippen molar-refractivity contribution < 1.29 is 4.74 Å². The minimum Gasteiger partial charge on any atom is -0.372 e. The van der Waals surface area contributed by atoms with Gasteiger partial charge in [-0.1, -0.05) is 51.1 Å². The molecule has 0 aliphatic heterocycles. The number of ether oxygens (including phenoxy) is 1. The second-order valence-corrected chi connectivity index (χ2v) is 5.87. The standard InChI is InChI=1S/C15H25NO/c1-12(16)14(13-8-6-5-7-9-13)17-11-10-15(2,3)4/h5-9,12,14H,10-11,16H2,1-4H3. The Labute approximate surface area is 105 Å². The Balaban J connectivity index is 2.57. The molecule has 0 amide bonds. The Morgan fingerprint density at radius 1 is 1.18 bits per heavy atom. The smallest absolute Gasteiger partial charge is 0.0972 e. The molecular weight excluding hydrogens is 210 g/mol. The van der Waals surface area contributed by atoms with Gasteiger partial charge in [0.15, 0.2) is 0 Å². The van der Waals surface area contributed by atoms with Crippen LogP contribution in [0.1, 0.15) is 45.8 Å². The van der Waals surface area contributed by atoms with Crippen LogP contribution < -0.4 is 5.73 Å². The van der Waals surface area contributed by atoms with Gasteiger partial charge >= 0.3 is 0 Å². The highest BCUT2D eigenvalue weighted by atomic mass is 16.5. The summed E-state index contributed by atoms with van der Waals surface area (Å²) in [5.74, 6) is 0. The Morgan fingerprint density at radius 3 is 2.24 bits per heavy atom. The van der Waals surface area contributed by atoms with Crippen LogP contribution in [0, 0.1) is 5.41 Å². The summed E-state index contributed by atoms with van der Waals surface area (Å²) in [6.07, 6.45) is 1.04. The van der Waals surface area contributed by atoms with Gasteiger partial charge in [-0.2, -0.15) is 0 Å². The zero-order valence-electron chi connectivity index (χ0n) is 11.4. The van der Waals surface area contributed by atoms with Gasteiger partial charge in [0.2, 0.25) is 0 Å². The van der Waals surface area contributed by atoms with Gasteiger partial charge < -0.3 is 10.5 Å². The quantitative estimate of drug-likeness (QED) is 0.847. The summed E-state index contributed by atoms with van der Waals surface area (Å²) in [7, 11) is 0. The molecule has 0 fully saturated rings. The third-order valence-electron chi connectivity index (χ3n) is 2.76. The van der Waals surface area contributed by atoms with Crippen molar-refractivity contribution in [3.05, 3.63) is 35.9 Å². The van der Waals surface area contributed by atoms with Crippen molar-refractivity contribution in [3.8, 4) is 0 Å². The maximum absolute atomic E-state index is 5.99. The monoisotopic (exact) mass is 235 g/mol. The van der Waals surface area contributed by atoms with Crippen LogP contribution in [0.4, 0.5) is 0 Å². The minimum absolute atomic E-state index is 0.00134. The van der Waals surface area contributed by atoms with E-state index in [-0.39, 0.29) is 12.1 Å². The fourth-order valence-electron chi connectivity index (χ4n) is 1.69. The average molecular weight is 235 g/mol. The molecule has 2 N–H and O–H groups in total. The molecular formula is C15H25NO. The van der Waals surface area contributed by atoms with Gasteiger partial charge in [0, 0.05) is 12.6 Å². The first kappa shape index (κ1) is 14.2. The van der Waals surface area contributed by atoms with Crippen LogP contribution in [0.15, 0.2) is 30.3 Å². The first-order chi connectivity index (χ1) is 7.90. The average Bonchev–Trinajstić information content (AvgIpc) is 2.23. The summed E-state index contributed by atoms with van der Waals surface area (Å²) in [6.45, 7) is 9.42. The highest BCUT2D eigenvalue weighted by molar-refractivity contribution is 5.18. The number of hydrogen-bond donors (Lipinski definition) is 1. The molecule has 0 saturated carbocycles. The van der Waals surface area contributed by atoms with Gasteiger partial charge in [-0.3, -0.25) is 0 Å². The van der Waals surface area contributed by atoms with Crippen LogP contribution >= 0.6 is 0 Å². The summed E-state index contributed by atoms with van der Waals surface area (Å²) in [6, 6.07) is 10.2. The van der Waals surface area contributed by atoms with E-state index < -0.39 is 0 Å². The van der Waals surface area contributed by atoms with E-state index in [1.54, 1.807) is 0 Å². The Hall–Kier alpha value is -0.860. The molecule has 96 valence electrons. The number of benzene rings is 1. The third-order valence-corrected chi connectivity index (χ3v) is 2.76. The van der Waals surface area contributed by atoms with Crippen LogP contribution in [0.5, 0.6) is 0 Å². The molecule has 0 radical (unpaired) electrons. The molecule has 0 bridgehead atoms. The topological polar surface area (TPSA) is 35.2 Å². The lowest BCUT2D eigenvalue weighted by Crippen LogP contribution is -2.28. The maximum atomic E-state index is 5.99. The van der Waals surface area contributed by atoms with Crippen molar-refractivity contribution in [2.24, 2.45) is 11.1 Å². The van der Waals surface area contributed by atoms with E-state index in [0.717, 1.165) is 18.6 Å². The van der Waals surface area contributed by atoms with Crippen LogP contribution in [0.2, 0.25) is 0 Å². The van der Waals surface area contributed by atoms with E-state index in [4.69, 9.17) is 10.5 Å². The van der Waals surface area contributed by atoms with Crippen LogP contribution in [0.3, 0.4) is 0 Å². The lowest BCUT2D eigenvalue weighted by atomic mass is 9.93. The maximum Gasteiger partial charge on any atom is 0.0972 e. The Bertz CT molecular complexity index is 313. The molecule has 2 unspecified atom stereocenters. The highest BCUT2D eigenvalue weighted by Crippen LogP contribution is 2.23. The van der Waals surface area contributed by atoms with Crippen molar-refractivity contribution >= 4 is 0 Å². The van der Waals surface area contributed by atoms with Crippen LogP contribution in [-0.4, -0.2) is 12.6 Å². The van der Waals surface area contributed by atoms with Gasteiger partial charge in [0.05, 0.1) is 6.10 Å². The van der Waals surface area contributed by atoms with Crippen molar-refractivity contribution in [2.45, 2.75) is 46.3 Å². The molecule has 0 aliphatic carbocycles. The summed E-state index contributed by atoms with van der Waals surface area (Å²) in [4.78, 5) is 0. The zero-order valence-corrected chi connectivity index (χ0v) is 11.4. The number of rotatable bonds is 5. The van der Waals surface area contributed by atoms with Gasteiger partial charge in [-0.05, 0) is 24.3 Å². The van der Waals surface area contributed by atoms with Gasteiger partial charge in [0.25, 0.3) is 0 Å². The van der Waals surface area contributed by atoms with E-state index in [0.29, 0.717) is 5.41 Å². The molecule has 2 nitrogen and oxygen atoms in total. The summed E-state index contributed by atoms with van der Waals surface area (Å²) in [5.41, 5.74) is 7.46. The van der Waals surface area contributed by atoms with Gasteiger partial charge in [-0.25, -0.2) is 0 Å². The van der Waals surface area contributed by atoms with Crippen molar-refractivity contribution in [3.63, 3.8) is 0 Å². The molecule has 0 spiro atoms. The fraction of sp³-hybridized carbons (Fsp3) is 0.600. The van der Waals surface area contributed by atoms with Crippen LogP contribution in [0.25, 0.3) is 0 Å². The summed E-state index contributed by atoms with van der Waals surface area (Å²) < 4.78 is 5.94. The number of nitrogens with two attached hydrogens (primary N) is 1. The molecule has 0 aromatic heterocycles. The molecule has 2 atom stereocenters.